The highest BCUT2D eigenvalue weighted by molar-refractivity contribution is 6.11. The third-order valence-corrected chi connectivity index (χ3v) is 8.15. The van der Waals surface area contributed by atoms with E-state index in [1.165, 1.54) is 5.56 Å². The third kappa shape index (κ3) is 4.25. The van der Waals surface area contributed by atoms with Gasteiger partial charge in [-0.25, -0.2) is 4.79 Å². The van der Waals surface area contributed by atoms with Crippen molar-refractivity contribution >= 4 is 29.7 Å². The van der Waals surface area contributed by atoms with Crippen LogP contribution in [0.5, 0.6) is 0 Å². The number of primary amides is 1. The molecule has 11 nitrogen and oxygen atoms in total. The highest BCUT2D eigenvalue weighted by Gasteiger charge is 2.48. The molecule has 4 N–H and O–H groups in total. The van der Waals surface area contributed by atoms with Gasteiger partial charge in [0.15, 0.2) is 0 Å². The van der Waals surface area contributed by atoms with E-state index in [4.69, 9.17) is 10.7 Å². The van der Waals surface area contributed by atoms with Gasteiger partial charge in [-0.15, -0.1) is 0 Å². The number of hydrogen-bond donors (Lipinski definition) is 3. The van der Waals surface area contributed by atoms with Gasteiger partial charge in [0, 0.05) is 24.1 Å². The molecule has 1 aromatic heterocycles. The Kier molecular flexibility index (Phi) is 5.81. The Morgan fingerprint density at radius 1 is 1.13 bits per heavy atom. The molecular formula is C27H33N9O2. The number of carbonyl (C=O) groups excluding carboxylic acids is 2. The zero-order valence-electron chi connectivity index (χ0n) is 21.9. The molecule has 2 unspecified atom stereocenters. The minimum Gasteiger partial charge on any atom is -0.368 e. The lowest BCUT2D eigenvalue weighted by Gasteiger charge is -2.34. The van der Waals surface area contributed by atoms with E-state index < -0.39 is 11.6 Å². The number of carbonyl (C=O) groups is 2. The van der Waals surface area contributed by atoms with Crippen molar-refractivity contribution in [3.05, 3.63) is 52.9 Å². The Morgan fingerprint density at radius 2 is 1.92 bits per heavy atom. The van der Waals surface area contributed by atoms with E-state index in [1.54, 1.807) is 6.92 Å². The van der Waals surface area contributed by atoms with Gasteiger partial charge in [-0.3, -0.25) is 9.79 Å². The lowest BCUT2D eigenvalue weighted by atomic mass is 9.94. The molecule has 1 aromatic carbocycles. The van der Waals surface area contributed by atoms with Gasteiger partial charge in [-0.05, 0) is 51.2 Å². The number of nitrogens with one attached hydrogen (secondary N) is 2. The molecule has 1 aliphatic carbocycles. The number of nitrogens with zero attached hydrogens (tertiary/aromatic N) is 6. The van der Waals surface area contributed by atoms with Crippen LogP contribution in [0.1, 0.15) is 50.4 Å². The molecule has 3 aliphatic heterocycles. The van der Waals surface area contributed by atoms with E-state index >= 15 is 0 Å². The summed E-state index contributed by atoms with van der Waals surface area (Å²) in [4.78, 5) is 47.2. The fraction of sp³-hybridized carbons (Fsp3) is 0.481. The van der Waals surface area contributed by atoms with Gasteiger partial charge in [-0.2, -0.15) is 15.0 Å². The predicted molar refractivity (Wildman–Crippen MR) is 144 cm³/mol. The van der Waals surface area contributed by atoms with Crippen LogP contribution in [0.2, 0.25) is 0 Å². The van der Waals surface area contributed by atoms with Crippen molar-refractivity contribution in [3.8, 4) is 0 Å². The molecule has 0 bridgehead atoms. The van der Waals surface area contributed by atoms with E-state index in [0.29, 0.717) is 55.5 Å². The summed E-state index contributed by atoms with van der Waals surface area (Å²) in [5.41, 5.74) is 8.51. The van der Waals surface area contributed by atoms with E-state index in [0.717, 1.165) is 24.0 Å². The zero-order valence-corrected chi connectivity index (χ0v) is 21.9. The number of amides is 3. The largest absolute Gasteiger partial charge is 0.368 e. The number of benzene rings is 1. The molecule has 198 valence electrons. The van der Waals surface area contributed by atoms with Crippen LogP contribution < -0.4 is 21.3 Å². The monoisotopic (exact) mass is 515 g/mol. The number of rotatable bonds is 5. The van der Waals surface area contributed by atoms with Gasteiger partial charge >= 0.3 is 6.03 Å². The van der Waals surface area contributed by atoms with Crippen molar-refractivity contribution in [1.29, 1.82) is 0 Å². The number of nitrogens with two attached hydrogens (primary N) is 1. The lowest BCUT2D eigenvalue weighted by Crippen LogP contribution is -2.51. The number of anilines is 2. The summed E-state index contributed by atoms with van der Waals surface area (Å²) in [7, 11) is 0. The molecule has 4 aliphatic rings. The second-order valence-corrected chi connectivity index (χ2v) is 11.0. The maximum atomic E-state index is 13.4. The summed E-state index contributed by atoms with van der Waals surface area (Å²) in [5.74, 6) is 1.99. The Bertz CT molecular complexity index is 1350. The molecule has 6 rings (SSSR count). The number of hydrogen-bond acceptors (Lipinski definition) is 8. The van der Waals surface area contributed by atoms with E-state index in [1.807, 2.05) is 28.0 Å². The Balaban J connectivity index is 1.15. The van der Waals surface area contributed by atoms with Crippen LogP contribution in [0.3, 0.4) is 0 Å². The van der Waals surface area contributed by atoms with Crippen molar-refractivity contribution in [2.24, 2.45) is 10.7 Å². The molecule has 1 saturated heterocycles. The first-order chi connectivity index (χ1) is 18.2. The van der Waals surface area contributed by atoms with E-state index in [2.05, 4.69) is 51.6 Å². The summed E-state index contributed by atoms with van der Waals surface area (Å²) in [6, 6.07) is 10.0. The van der Waals surface area contributed by atoms with Gasteiger partial charge in [0.2, 0.25) is 17.8 Å². The SMILES string of the molecule is Cc1nc(NC2=NCC3=C2CN(C(=O)NC2CC2c2ccccc2)C3(C)C)nc(N2CCC[C@H]2C(N)=O)n1. The van der Waals surface area contributed by atoms with Crippen LogP contribution in [-0.2, 0) is 4.79 Å². The van der Waals surface area contributed by atoms with E-state index in [9.17, 15) is 9.59 Å². The molecule has 3 atom stereocenters. The lowest BCUT2D eigenvalue weighted by molar-refractivity contribution is -0.119. The summed E-state index contributed by atoms with van der Waals surface area (Å²) in [6.07, 6.45) is 2.50. The van der Waals surface area contributed by atoms with Gasteiger partial charge in [0.1, 0.15) is 17.7 Å². The summed E-state index contributed by atoms with van der Waals surface area (Å²) >= 11 is 0. The molecule has 0 spiro atoms. The molecule has 38 heavy (non-hydrogen) atoms. The van der Waals surface area contributed by atoms with Crippen LogP contribution in [0.25, 0.3) is 0 Å². The van der Waals surface area contributed by atoms with Crippen LogP contribution >= 0.6 is 0 Å². The second kappa shape index (κ2) is 9.07. The van der Waals surface area contributed by atoms with Gasteiger partial charge in [0.05, 0.1) is 18.6 Å². The third-order valence-electron chi connectivity index (χ3n) is 8.15. The van der Waals surface area contributed by atoms with Gasteiger partial charge in [-0.1, -0.05) is 30.3 Å². The highest BCUT2D eigenvalue weighted by atomic mass is 16.2. The Morgan fingerprint density at radius 3 is 2.68 bits per heavy atom. The van der Waals surface area contributed by atoms with Crippen LogP contribution in [0.4, 0.5) is 16.7 Å². The molecular weight excluding hydrogens is 482 g/mol. The summed E-state index contributed by atoms with van der Waals surface area (Å²) in [5, 5.41) is 6.51. The number of aromatic nitrogens is 3. The van der Waals surface area contributed by atoms with E-state index in [-0.39, 0.29) is 18.0 Å². The zero-order chi connectivity index (χ0) is 26.6. The average molecular weight is 516 g/mol. The van der Waals surface area contributed by atoms with Gasteiger partial charge in [0.25, 0.3) is 0 Å². The van der Waals surface area contributed by atoms with Crippen molar-refractivity contribution < 1.29 is 9.59 Å². The minimum atomic E-state index is -0.464. The molecule has 0 radical (unpaired) electrons. The van der Waals surface area contributed by atoms with Crippen LogP contribution in [0.15, 0.2) is 46.5 Å². The van der Waals surface area contributed by atoms with Crippen LogP contribution in [0, 0.1) is 6.92 Å². The fourth-order valence-corrected chi connectivity index (χ4v) is 5.90. The van der Waals surface area contributed by atoms with Crippen molar-refractivity contribution in [1.82, 2.24) is 25.2 Å². The van der Waals surface area contributed by atoms with Crippen molar-refractivity contribution in [2.45, 2.75) is 63.6 Å². The normalized spacial score (nSPS) is 25.3. The minimum absolute atomic E-state index is 0.0583. The number of amidine groups is 1. The number of urea groups is 1. The molecule has 3 amide bonds. The maximum absolute atomic E-state index is 13.4. The molecule has 1 saturated carbocycles. The fourth-order valence-electron chi connectivity index (χ4n) is 5.90. The molecule has 11 heteroatoms. The topological polar surface area (TPSA) is 142 Å². The first-order valence-corrected chi connectivity index (χ1v) is 13.2. The smallest absolute Gasteiger partial charge is 0.318 e. The Hall–Kier alpha value is -4.02. The average Bonchev–Trinajstić information content (AvgIpc) is 3.19. The highest BCUT2D eigenvalue weighted by Crippen LogP contribution is 2.42. The van der Waals surface area contributed by atoms with Crippen molar-refractivity contribution in [3.63, 3.8) is 0 Å². The van der Waals surface area contributed by atoms with Gasteiger partial charge < -0.3 is 26.2 Å². The Labute approximate surface area is 221 Å². The first-order valence-electron chi connectivity index (χ1n) is 13.2. The maximum Gasteiger partial charge on any atom is 0.318 e. The first kappa shape index (κ1) is 24.3. The molecule has 2 fully saturated rings. The number of aliphatic imine (C=N–C) groups is 1. The summed E-state index contributed by atoms with van der Waals surface area (Å²) < 4.78 is 0. The standard InChI is InChI=1S/C27H33N9O2/c1-15-30-24(34-25(31-15)35-11-7-10-21(35)22(28)37)33-23-18-14-36(27(2,3)19(18)13-29-23)26(38)32-20-12-17(20)16-8-5-4-6-9-16/h4-6,8-9,17,20-21H,7,10-14H2,1-3H3,(H2,28,37)(H,32,38)(H,29,30,31,33,34)/t17?,20?,21-/m0/s1. The second-order valence-electron chi connectivity index (χ2n) is 11.0. The van der Waals surface area contributed by atoms with Crippen molar-refractivity contribution in [2.75, 3.05) is 29.9 Å². The van der Waals surface area contributed by atoms with Crippen LogP contribution in [-0.4, -0.2) is 74.9 Å². The molecule has 2 aromatic rings. The molecule has 4 heterocycles. The quantitative estimate of drug-likeness (QED) is 0.554. The summed E-state index contributed by atoms with van der Waals surface area (Å²) in [6.45, 7) is 7.55. The predicted octanol–water partition coefficient (Wildman–Crippen LogP) is 2.11. The number of aryl methyl sites for hydroxylation is 1.